The van der Waals surface area contributed by atoms with Crippen LogP contribution in [0.3, 0.4) is 0 Å². The summed E-state index contributed by atoms with van der Waals surface area (Å²) in [4.78, 5) is 59.8. The van der Waals surface area contributed by atoms with Crippen molar-refractivity contribution in [2.45, 2.75) is 57.2 Å². The van der Waals surface area contributed by atoms with Crippen molar-refractivity contribution in [1.82, 2.24) is 15.6 Å². The molecule has 2 amide bonds. The Labute approximate surface area is 242 Å². The summed E-state index contributed by atoms with van der Waals surface area (Å²) in [5, 5.41) is 23.1. The molecule has 3 aromatic rings. The van der Waals surface area contributed by atoms with Crippen LogP contribution in [0.2, 0.25) is 0 Å². The average Bonchev–Trinajstić information content (AvgIpc) is 3.57. The zero-order valence-electron chi connectivity index (χ0n) is 23.4. The zero-order chi connectivity index (χ0) is 30.3. The fraction of sp³-hybridized carbons (Fsp3) is 0.367. The molecular weight excluding hydrogens is 540 g/mol. The second-order valence-corrected chi connectivity index (χ2v) is 10.7. The van der Waals surface area contributed by atoms with Crippen molar-refractivity contribution in [1.29, 1.82) is 5.53 Å². The normalized spacial score (nSPS) is 17.6. The van der Waals surface area contributed by atoms with Crippen molar-refractivity contribution in [3.05, 3.63) is 71.9 Å². The molecule has 0 aliphatic carbocycles. The summed E-state index contributed by atoms with van der Waals surface area (Å²) in [7, 11) is 0. The summed E-state index contributed by atoms with van der Waals surface area (Å²) in [5.74, 6) is -3.05. The summed E-state index contributed by atoms with van der Waals surface area (Å²) in [6.07, 6.45) is 1.35. The van der Waals surface area contributed by atoms with Gasteiger partial charge in [0.2, 0.25) is 11.5 Å². The van der Waals surface area contributed by atoms with Crippen molar-refractivity contribution in [3.63, 3.8) is 0 Å². The third kappa shape index (κ3) is 7.06. The molecule has 1 aromatic heterocycles. The van der Waals surface area contributed by atoms with Crippen molar-refractivity contribution in [2.24, 2.45) is 16.2 Å². The number of aromatic nitrogens is 1. The quantitative estimate of drug-likeness (QED) is 0.184. The van der Waals surface area contributed by atoms with Crippen LogP contribution in [0.4, 0.5) is 0 Å². The number of fused-ring (bicyclic) bond motifs is 1. The Morgan fingerprint density at radius 1 is 1.10 bits per heavy atom. The van der Waals surface area contributed by atoms with Crippen LogP contribution < -0.4 is 10.6 Å². The van der Waals surface area contributed by atoms with E-state index in [0.717, 1.165) is 22.0 Å². The number of H-pyrrole nitrogens is 1. The smallest absolute Gasteiger partial charge is 0.305 e. The molecule has 0 spiro atoms. The highest BCUT2D eigenvalue weighted by atomic mass is 16.7. The predicted octanol–water partition coefficient (Wildman–Crippen LogP) is 3.17. The lowest BCUT2D eigenvalue weighted by Gasteiger charge is -2.29. The third-order valence-electron chi connectivity index (χ3n) is 7.23. The molecule has 2 aromatic carbocycles. The molecule has 5 N–H and O–H groups in total. The van der Waals surface area contributed by atoms with E-state index in [1.165, 1.54) is 0 Å². The minimum Gasteiger partial charge on any atom is -0.481 e. The first-order valence-electron chi connectivity index (χ1n) is 13.6. The van der Waals surface area contributed by atoms with E-state index in [0.29, 0.717) is 5.71 Å². The molecule has 42 heavy (non-hydrogen) atoms. The number of carboxylic acids is 1. The molecule has 3 atom stereocenters. The number of oxime groups is 1. The number of carboxylic acid groups (broad SMARTS) is 1. The largest absolute Gasteiger partial charge is 0.481 e. The number of carbonyl (C=O) groups excluding carboxylic acids is 3. The summed E-state index contributed by atoms with van der Waals surface area (Å²) < 4.78 is 0. The summed E-state index contributed by atoms with van der Waals surface area (Å²) >= 11 is 0. The number of Topliss-reactive ketones (excluding diaryl/α,β-unsaturated/α-hetero) is 1. The zero-order valence-corrected chi connectivity index (χ0v) is 23.4. The number of hydrogen-bond acceptors (Lipinski definition) is 8. The van der Waals surface area contributed by atoms with Crippen LogP contribution in [0.1, 0.15) is 37.8 Å². The maximum Gasteiger partial charge on any atom is 0.305 e. The van der Waals surface area contributed by atoms with Crippen molar-refractivity contribution < 1.29 is 29.1 Å². The molecule has 12 nitrogen and oxygen atoms in total. The fourth-order valence-electron chi connectivity index (χ4n) is 5.10. The summed E-state index contributed by atoms with van der Waals surface area (Å²) in [6.45, 7) is 3.27. The maximum atomic E-state index is 13.7. The number of aromatic amines is 1. The molecule has 0 fully saturated rings. The predicted molar refractivity (Wildman–Crippen MR) is 154 cm³/mol. The summed E-state index contributed by atoms with van der Waals surface area (Å²) in [6, 6.07) is 14.8. The topological polar surface area (TPSA) is 186 Å². The Hall–Kier alpha value is -4.87. The summed E-state index contributed by atoms with van der Waals surface area (Å²) in [5.41, 5.74) is 8.37. The number of nitrogens with one attached hydrogen (secondary N) is 4. The maximum absolute atomic E-state index is 13.7. The molecule has 1 aliphatic rings. The van der Waals surface area contributed by atoms with Gasteiger partial charge in [-0.2, -0.15) is 5.11 Å². The first kappa shape index (κ1) is 30.1. The Kier molecular flexibility index (Phi) is 9.46. The number of benzene rings is 2. The minimum absolute atomic E-state index is 0.000735. The van der Waals surface area contributed by atoms with Crippen LogP contribution in [0.15, 0.2) is 71.1 Å². The van der Waals surface area contributed by atoms with Crippen LogP contribution in [-0.4, -0.2) is 63.6 Å². The van der Waals surface area contributed by atoms with Crippen LogP contribution in [0.25, 0.3) is 10.9 Å². The van der Waals surface area contributed by atoms with Gasteiger partial charge in [0.05, 0.1) is 24.6 Å². The highest BCUT2D eigenvalue weighted by Gasteiger charge is 2.49. The molecule has 0 bridgehead atoms. The monoisotopic (exact) mass is 574 g/mol. The second kappa shape index (κ2) is 13.2. The highest BCUT2D eigenvalue weighted by Crippen LogP contribution is 2.31. The average molecular weight is 575 g/mol. The van der Waals surface area contributed by atoms with E-state index in [9.17, 15) is 24.3 Å². The van der Waals surface area contributed by atoms with Gasteiger partial charge in [-0.15, -0.1) is 0 Å². The van der Waals surface area contributed by atoms with Gasteiger partial charge >= 0.3 is 5.97 Å². The number of nitrogens with zero attached hydrogens (tertiary/aromatic N) is 2. The van der Waals surface area contributed by atoms with E-state index >= 15 is 0 Å². The first-order valence-corrected chi connectivity index (χ1v) is 13.6. The van der Waals surface area contributed by atoms with Crippen molar-refractivity contribution >= 4 is 40.2 Å². The van der Waals surface area contributed by atoms with Gasteiger partial charge in [0.1, 0.15) is 12.6 Å². The van der Waals surface area contributed by atoms with Gasteiger partial charge in [0.15, 0.2) is 5.78 Å². The van der Waals surface area contributed by atoms with Crippen molar-refractivity contribution in [3.8, 4) is 0 Å². The van der Waals surface area contributed by atoms with Crippen molar-refractivity contribution in [2.75, 3.05) is 6.54 Å². The van der Waals surface area contributed by atoms with Gasteiger partial charge in [-0.25, -0.2) is 5.53 Å². The Morgan fingerprint density at radius 3 is 2.50 bits per heavy atom. The Morgan fingerprint density at radius 2 is 1.81 bits per heavy atom. The first-order chi connectivity index (χ1) is 20.1. The van der Waals surface area contributed by atoms with Gasteiger partial charge in [-0.3, -0.25) is 19.2 Å². The SMILES string of the molecule is CC(C)C(NC(=O)Cc1c[nH]c2ccccc12)C1=NOC(Cc2ccccc2)(C(=O)N[C@@H](CC(=O)O)C(=O)CN=N)C1. The Balaban J connectivity index is 1.55. The van der Waals surface area contributed by atoms with Crippen LogP contribution >= 0.6 is 0 Å². The second-order valence-electron chi connectivity index (χ2n) is 10.7. The number of rotatable bonds is 14. The van der Waals surface area contributed by atoms with Gasteiger partial charge in [0.25, 0.3) is 5.91 Å². The van der Waals surface area contributed by atoms with E-state index in [1.807, 2.05) is 74.6 Å². The Bertz CT molecular complexity index is 1500. The van der Waals surface area contributed by atoms with Gasteiger partial charge < -0.3 is 25.6 Å². The van der Waals surface area contributed by atoms with E-state index in [-0.39, 0.29) is 31.1 Å². The van der Waals surface area contributed by atoms with E-state index in [1.54, 1.807) is 0 Å². The standard InChI is InChI=1S/C30H34N6O6/c1-18(2)28(35-26(38)12-20-16-32-22-11-7-6-10-21(20)22)24-15-30(42-36-24,14-19-8-4-3-5-9-19)29(41)34-23(13-27(39)40)25(37)17-33-31/h3-11,16,18,23,28,31-32H,12-15,17H2,1-2H3,(H,34,41)(H,35,38)(H,39,40)/t23-,28?,30?/m0/s1. The highest BCUT2D eigenvalue weighted by molar-refractivity contribution is 6.02. The molecule has 0 saturated heterocycles. The number of para-hydroxylation sites is 1. The molecule has 2 unspecified atom stereocenters. The molecule has 0 radical (unpaired) electrons. The lowest BCUT2D eigenvalue weighted by atomic mass is 9.84. The lowest BCUT2D eigenvalue weighted by molar-refractivity contribution is -0.147. The van der Waals surface area contributed by atoms with Crippen LogP contribution in [0, 0.1) is 11.4 Å². The molecule has 2 heterocycles. The van der Waals surface area contributed by atoms with Gasteiger partial charge in [0, 0.05) is 29.9 Å². The van der Waals surface area contributed by atoms with Crippen LogP contribution in [-0.2, 0) is 36.9 Å². The van der Waals surface area contributed by atoms with Gasteiger partial charge in [-0.1, -0.05) is 67.5 Å². The fourth-order valence-corrected chi connectivity index (χ4v) is 5.10. The molecule has 12 heteroatoms. The molecule has 4 rings (SSSR count). The molecule has 220 valence electrons. The third-order valence-corrected chi connectivity index (χ3v) is 7.23. The lowest BCUT2D eigenvalue weighted by Crippen LogP contribution is -2.55. The molecule has 0 saturated carbocycles. The molecular formula is C30H34N6O6. The van der Waals surface area contributed by atoms with E-state index < -0.39 is 48.3 Å². The number of ketones is 1. The van der Waals surface area contributed by atoms with Gasteiger partial charge in [-0.05, 0) is 23.1 Å². The minimum atomic E-state index is -1.60. The number of amides is 2. The van der Waals surface area contributed by atoms with E-state index in [2.05, 4.69) is 25.9 Å². The number of aliphatic carboxylic acids is 1. The molecule has 1 aliphatic heterocycles. The van der Waals surface area contributed by atoms with E-state index in [4.69, 9.17) is 10.4 Å². The number of hydrogen-bond donors (Lipinski definition) is 5. The number of carbonyl (C=O) groups is 4. The van der Waals surface area contributed by atoms with Crippen LogP contribution in [0.5, 0.6) is 0 Å².